The van der Waals surface area contributed by atoms with Crippen molar-refractivity contribution >= 4 is 38.9 Å². The lowest BCUT2D eigenvalue weighted by Crippen LogP contribution is -2.16. The van der Waals surface area contributed by atoms with Crippen LogP contribution in [0.4, 0.5) is 17.1 Å². The van der Waals surface area contributed by atoms with Crippen molar-refractivity contribution in [2.75, 3.05) is 4.90 Å². The number of nitrogens with zero attached hydrogens (tertiary/aromatic N) is 2. The van der Waals surface area contributed by atoms with E-state index in [1.807, 2.05) is 0 Å². The lowest BCUT2D eigenvalue weighted by atomic mass is 9.81. The van der Waals surface area contributed by atoms with Crippen molar-refractivity contribution in [3.8, 4) is 16.8 Å². The quantitative estimate of drug-likeness (QED) is 0.169. The average Bonchev–Trinajstić information content (AvgIpc) is 3.66. The Kier molecular flexibility index (Phi) is 8.05. The van der Waals surface area contributed by atoms with Crippen molar-refractivity contribution in [3.63, 3.8) is 0 Å². The van der Waals surface area contributed by atoms with Crippen LogP contribution in [0, 0.1) is 0 Å². The van der Waals surface area contributed by atoms with Crippen molar-refractivity contribution in [2.24, 2.45) is 0 Å². The van der Waals surface area contributed by atoms with Gasteiger partial charge in [-0.1, -0.05) is 119 Å². The Bertz CT molecular complexity index is 2360. The van der Waals surface area contributed by atoms with Gasteiger partial charge in [-0.25, -0.2) is 0 Å². The van der Waals surface area contributed by atoms with Crippen molar-refractivity contribution in [1.82, 2.24) is 4.57 Å². The predicted octanol–water partition coefficient (Wildman–Crippen LogP) is 14.7. The van der Waals surface area contributed by atoms with E-state index >= 15 is 0 Å². The first-order valence-electron chi connectivity index (χ1n) is 20.3. The van der Waals surface area contributed by atoms with Gasteiger partial charge in [-0.05, 0) is 138 Å². The minimum Gasteiger partial charge on any atom is -0.310 e. The van der Waals surface area contributed by atoms with Crippen LogP contribution >= 0.6 is 0 Å². The molecular weight excluding hydrogens is 641 g/mol. The predicted molar refractivity (Wildman–Crippen MR) is 225 cm³/mol. The van der Waals surface area contributed by atoms with Gasteiger partial charge in [-0.15, -0.1) is 0 Å². The fourth-order valence-corrected chi connectivity index (χ4v) is 10.3. The summed E-state index contributed by atoms with van der Waals surface area (Å²) in [6.07, 6.45) is 13.5. The molecule has 0 radical (unpaired) electrons. The molecule has 2 fully saturated rings. The van der Waals surface area contributed by atoms with Crippen LogP contribution in [0.25, 0.3) is 38.6 Å². The lowest BCUT2D eigenvalue weighted by Gasteiger charge is -2.29. The van der Waals surface area contributed by atoms with Gasteiger partial charge in [0.25, 0.3) is 0 Å². The Labute approximate surface area is 315 Å². The van der Waals surface area contributed by atoms with Crippen molar-refractivity contribution in [3.05, 3.63) is 156 Å². The summed E-state index contributed by atoms with van der Waals surface area (Å²) in [5, 5.41) is 2.63. The van der Waals surface area contributed by atoms with E-state index in [0.717, 1.165) is 0 Å². The molecule has 7 aromatic rings. The highest BCUT2D eigenvalue weighted by atomic mass is 15.1. The largest absolute Gasteiger partial charge is 0.310 e. The summed E-state index contributed by atoms with van der Waals surface area (Å²) >= 11 is 0. The molecule has 10 rings (SSSR count). The van der Waals surface area contributed by atoms with Crippen molar-refractivity contribution < 1.29 is 0 Å². The van der Waals surface area contributed by atoms with E-state index in [9.17, 15) is 0 Å². The Balaban J connectivity index is 1.09. The molecule has 3 aliphatic carbocycles. The van der Waals surface area contributed by atoms with Crippen LogP contribution in [0.15, 0.2) is 133 Å². The Morgan fingerprint density at radius 1 is 0.472 bits per heavy atom. The summed E-state index contributed by atoms with van der Waals surface area (Å²) in [5.74, 6) is 1.40. The molecule has 3 aliphatic rings. The molecule has 2 heteroatoms. The molecule has 0 N–H and O–H groups in total. The van der Waals surface area contributed by atoms with Gasteiger partial charge >= 0.3 is 0 Å². The summed E-state index contributed by atoms with van der Waals surface area (Å²) in [6.45, 7) is 4.85. The normalized spacial score (nSPS) is 17.2. The summed E-state index contributed by atoms with van der Waals surface area (Å²) in [5.41, 5.74) is 15.8. The summed E-state index contributed by atoms with van der Waals surface area (Å²) < 4.78 is 2.44. The SMILES string of the molecule is CC1(C)c2cc(N(c3ccc(C4CCCCC4)cc3)c3ccc(C4CCCCC4)cc3)ccc2-c2cc3c(cc21)c1ccccc1n3-c1ccccc1. The van der Waals surface area contributed by atoms with E-state index in [4.69, 9.17) is 0 Å². The molecule has 53 heavy (non-hydrogen) atoms. The van der Waals surface area contributed by atoms with Gasteiger partial charge < -0.3 is 9.47 Å². The van der Waals surface area contributed by atoms with Gasteiger partial charge in [0.1, 0.15) is 0 Å². The maximum atomic E-state index is 2.50. The van der Waals surface area contributed by atoms with E-state index in [-0.39, 0.29) is 5.41 Å². The summed E-state index contributed by atoms with van der Waals surface area (Å²) in [7, 11) is 0. The second-order valence-corrected chi connectivity index (χ2v) is 16.6. The number of para-hydroxylation sites is 2. The third kappa shape index (κ3) is 5.52. The number of aromatic nitrogens is 1. The van der Waals surface area contributed by atoms with Crippen LogP contribution in [0.1, 0.15) is 112 Å². The Morgan fingerprint density at radius 3 is 1.64 bits per heavy atom. The number of anilines is 3. The number of benzene rings is 6. The highest BCUT2D eigenvalue weighted by Gasteiger charge is 2.37. The maximum absolute atomic E-state index is 2.50. The molecule has 0 saturated heterocycles. The van der Waals surface area contributed by atoms with Gasteiger partial charge in [0.15, 0.2) is 0 Å². The zero-order valence-electron chi connectivity index (χ0n) is 31.3. The molecule has 2 saturated carbocycles. The molecule has 0 unspecified atom stereocenters. The van der Waals surface area contributed by atoms with Crippen LogP contribution in [0.5, 0.6) is 0 Å². The third-order valence-electron chi connectivity index (χ3n) is 13.2. The number of hydrogen-bond acceptors (Lipinski definition) is 1. The highest BCUT2D eigenvalue weighted by molar-refractivity contribution is 6.11. The first-order chi connectivity index (χ1) is 26.0. The molecule has 1 heterocycles. The van der Waals surface area contributed by atoms with Crippen LogP contribution in [0.3, 0.4) is 0 Å². The monoisotopic (exact) mass is 690 g/mol. The van der Waals surface area contributed by atoms with Crippen molar-refractivity contribution in [2.45, 2.75) is 95.3 Å². The first-order valence-corrected chi connectivity index (χ1v) is 20.3. The molecule has 1 aromatic heterocycles. The molecule has 6 aromatic carbocycles. The number of hydrogen-bond donors (Lipinski definition) is 0. The smallest absolute Gasteiger partial charge is 0.0547 e. The van der Waals surface area contributed by atoms with E-state index in [2.05, 4.69) is 157 Å². The summed E-state index contributed by atoms with van der Waals surface area (Å²) in [6, 6.07) is 51.1. The molecule has 2 nitrogen and oxygen atoms in total. The third-order valence-corrected chi connectivity index (χ3v) is 13.2. The number of rotatable bonds is 6. The lowest BCUT2D eigenvalue weighted by molar-refractivity contribution is 0.443. The van der Waals surface area contributed by atoms with Gasteiger partial charge in [-0.2, -0.15) is 0 Å². The molecular formula is C51H50N2. The topological polar surface area (TPSA) is 8.17 Å². The molecule has 264 valence electrons. The minimum atomic E-state index is -0.147. The zero-order chi connectivity index (χ0) is 35.5. The van der Waals surface area contributed by atoms with Crippen LogP contribution < -0.4 is 4.90 Å². The molecule has 0 aliphatic heterocycles. The standard InChI is InChI=1S/C51H50N2/c1-51(2)47-32-42(30-31-43(47)45-34-50-46(33-48(45)51)44-20-12-13-21-49(44)53(50)39-18-10-5-11-19-39)52(40-26-22-37(23-27-40)35-14-6-3-7-15-35)41-28-24-38(25-29-41)36-16-8-4-9-17-36/h5,10-13,18-36H,3-4,6-9,14-17H2,1-2H3. The van der Waals surface area contributed by atoms with E-state index in [1.54, 1.807) is 0 Å². The second-order valence-electron chi connectivity index (χ2n) is 16.6. The van der Waals surface area contributed by atoms with E-state index in [1.165, 1.54) is 142 Å². The summed E-state index contributed by atoms with van der Waals surface area (Å²) in [4.78, 5) is 2.50. The fraction of sp³-hybridized carbons (Fsp3) is 0.294. The second kappa shape index (κ2) is 13.1. The van der Waals surface area contributed by atoms with Gasteiger partial charge in [-0.3, -0.25) is 0 Å². The van der Waals surface area contributed by atoms with Crippen LogP contribution in [-0.2, 0) is 5.41 Å². The fourth-order valence-electron chi connectivity index (χ4n) is 10.3. The average molecular weight is 691 g/mol. The highest BCUT2D eigenvalue weighted by Crippen LogP contribution is 2.53. The van der Waals surface area contributed by atoms with Gasteiger partial charge in [0.05, 0.1) is 11.0 Å². The van der Waals surface area contributed by atoms with Crippen LogP contribution in [0.2, 0.25) is 0 Å². The zero-order valence-corrected chi connectivity index (χ0v) is 31.3. The Hall–Kier alpha value is -5.08. The Morgan fingerprint density at radius 2 is 1.02 bits per heavy atom. The van der Waals surface area contributed by atoms with Crippen molar-refractivity contribution in [1.29, 1.82) is 0 Å². The molecule has 0 amide bonds. The minimum absolute atomic E-state index is 0.147. The van der Waals surface area contributed by atoms with E-state index < -0.39 is 0 Å². The van der Waals surface area contributed by atoms with Gasteiger partial charge in [0.2, 0.25) is 0 Å². The van der Waals surface area contributed by atoms with Gasteiger partial charge in [0, 0.05) is 38.9 Å². The molecule has 0 atom stereocenters. The molecule has 0 bridgehead atoms. The van der Waals surface area contributed by atoms with Crippen LogP contribution in [-0.4, -0.2) is 4.57 Å². The molecule has 0 spiro atoms. The first kappa shape index (κ1) is 32.6. The number of fused-ring (bicyclic) bond motifs is 6. The maximum Gasteiger partial charge on any atom is 0.0547 e. The van der Waals surface area contributed by atoms with E-state index in [0.29, 0.717) is 11.8 Å².